The molecule has 2 aromatic rings. The van der Waals surface area contributed by atoms with E-state index in [1.54, 1.807) is 6.20 Å². The summed E-state index contributed by atoms with van der Waals surface area (Å²) in [6.45, 7) is 2.08. The van der Waals surface area contributed by atoms with E-state index in [1.165, 1.54) is 0 Å². The Balaban J connectivity index is 2.78. The fraction of sp³-hybridized carbons (Fsp3) is 0.200. The van der Waals surface area contributed by atoms with Crippen molar-refractivity contribution < 1.29 is 0 Å². The first-order chi connectivity index (χ1) is 6.86. The number of H-pyrrole nitrogens is 1. The predicted octanol–water partition coefficient (Wildman–Crippen LogP) is 2.86. The molecule has 0 radical (unpaired) electrons. The molecule has 0 saturated carbocycles. The molecule has 1 aromatic carbocycles. The molecule has 0 aliphatic rings. The lowest BCUT2D eigenvalue weighted by Gasteiger charge is -2.02. The molecule has 0 bridgehead atoms. The lowest BCUT2D eigenvalue weighted by atomic mass is 10.1. The Hall–Kier alpha value is -1.51. The summed E-state index contributed by atoms with van der Waals surface area (Å²) in [5.41, 5.74) is 3.05. The molecule has 4 heteroatoms. The second-order valence-corrected chi connectivity index (χ2v) is 3.14. The van der Waals surface area contributed by atoms with E-state index in [4.69, 9.17) is 0 Å². The van der Waals surface area contributed by atoms with Crippen LogP contribution in [0.2, 0.25) is 0 Å². The minimum absolute atomic E-state index is 0.874. The SMILES string of the molecule is CCc1c(N=C=S)ccc2cn[nH]c12. The van der Waals surface area contributed by atoms with Crippen LogP contribution in [0.15, 0.2) is 23.3 Å². The summed E-state index contributed by atoms with van der Waals surface area (Å²) < 4.78 is 0. The number of hydrogen-bond donors (Lipinski definition) is 1. The summed E-state index contributed by atoms with van der Waals surface area (Å²) in [5.74, 6) is 0. The van der Waals surface area contributed by atoms with E-state index in [1.807, 2.05) is 12.1 Å². The van der Waals surface area contributed by atoms with Crippen LogP contribution in [-0.2, 0) is 6.42 Å². The van der Waals surface area contributed by atoms with Crippen LogP contribution in [-0.4, -0.2) is 15.4 Å². The Morgan fingerprint density at radius 1 is 1.57 bits per heavy atom. The molecule has 0 saturated heterocycles. The largest absolute Gasteiger partial charge is 0.277 e. The van der Waals surface area contributed by atoms with Crippen molar-refractivity contribution in [1.82, 2.24) is 10.2 Å². The molecule has 3 nitrogen and oxygen atoms in total. The second kappa shape index (κ2) is 3.70. The van der Waals surface area contributed by atoms with Gasteiger partial charge in [-0.1, -0.05) is 6.92 Å². The Kier molecular flexibility index (Phi) is 2.39. The van der Waals surface area contributed by atoms with Gasteiger partial charge in [-0.2, -0.15) is 10.1 Å². The fourth-order valence-electron chi connectivity index (χ4n) is 1.57. The summed E-state index contributed by atoms with van der Waals surface area (Å²) in [5, 5.41) is 10.5. The number of thiocarbonyl (C=S) groups is 1. The highest BCUT2D eigenvalue weighted by molar-refractivity contribution is 7.78. The molecule has 1 heterocycles. The summed E-state index contributed by atoms with van der Waals surface area (Å²) in [6, 6.07) is 3.92. The molecule has 70 valence electrons. The van der Waals surface area contributed by atoms with Crippen LogP contribution < -0.4 is 0 Å². The number of benzene rings is 1. The molecule has 0 aliphatic carbocycles. The number of aryl methyl sites for hydroxylation is 1. The highest BCUT2D eigenvalue weighted by Gasteiger charge is 2.06. The van der Waals surface area contributed by atoms with Crippen molar-refractivity contribution in [2.75, 3.05) is 0 Å². The van der Waals surface area contributed by atoms with Gasteiger partial charge >= 0.3 is 0 Å². The molecular weight excluding hydrogens is 194 g/mol. The minimum Gasteiger partial charge on any atom is -0.277 e. The van der Waals surface area contributed by atoms with Crippen molar-refractivity contribution in [2.45, 2.75) is 13.3 Å². The van der Waals surface area contributed by atoms with Gasteiger partial charge in [-0.15, -0.1) is 0 Å². The standard InChI is InChI=1S/C10H9N3S/c1-2-8-9(11-6-14)4-3-7-5-12-13-10(7)8/h3-5H,2H2,1H3,(H,12,13). The summed E-state index contributed by atoms with van der Waals surface area (Å²) in [4.78, 5) is 4.02. The third-order valence-electron chi connectivity index (χ3n) is 2.22. The Labute approximate surface area is 86.9 Å². The number of aromatic nitrogens is 2. The molecule has 0 spiro atoms. The first-order valence-electron chi connectivity index (χ1n) is 4.39. The Bertz CT molecular complexity index is 509. The van der Waals surface area contributed by atoms with Crippen molar-refractivity contribution in [3.8, 4) is 0 Å². The lowest BCUT2D eigenvalue weighted by Crippen LogP contribution is -1.84. The molecule has 2 rings (SSSR count). The number of fused-ring (bicyclic) bond motifs is 1. The van der Waals surface area contributed by atoms with E-state index in [9.17, 15) is 0 Å². The number of aromatic amines is 1. The van der Waals surface area contributed by atoms with E-state index in [-0.39, 0.29) is 0 Å². The number of nitrogens with zero attached hydrogens (tertiary/aromatic N) is 2. The average Bonchev–Trinajstić information content (AvgIpc) is 2.66. The van der Waals surface area contributed by atoms with E-state index in [0.29, 0.717) is 0 Å². The van der Waals surface area contributed by atoms with Crippen molar-refractivity contribution in [2.24, 2.45) is 4.99 Å². The van der Waals surface area contributed by atoms with Gasteiger partial charge in [0.15, 0.2) is 0 Å². The molecule has 1 N–H and O–H groups in total. The van der Waals surface area contributed by atoms with Crippen LogP contribution >= 0.6 is 12.2 Å². The van der Waals surface area contributed by atoms with Gasteiger partial charge in [-0.25, -0.2) is 0 Å². The van der Waals surface area contributed by atoms with E-state index in [2.05, 4.69) is 39.5 Å². The van der Waals surface area contributed by atoms with Gasteiger partial charge in [0.1, 0.15) is 0 Å². The monoisotopic (exact) mass is 203 g/mol. The highest BCUT2D eigenvalue weighted by atomic mass is 32.1. The average molecular weight is 203 g/mol. The molecule has 0 aliphatic heterocycles. The molecule has 0 fully saturated rings. The molecule has 0 atom stereocenters. The zero-order valence-electron chi connectivity index (χ0n) is 7.74. The maximum absolute atomic E-state index is 4.60. The second-order valence-electron chi connectivity index (χ2n) is 2.95. The number of hydrogen-bond acceptors (Lipinski definition) is 3. The topological polar surface area (TPSA) is 41.0 Å². The van der Waals surface area contributed by atoms with Gasteiger partial charge in [0.2, 0.25) is 0 Å². The maximum Gasteiger partial charge on any atom is 0.0793 e. The first-order valence-corrected chi connectivity index (χ1v) is 4.80. The Morgan fingerprint density at radius 2 is 2.43 bits per heavy atom. The first kappa shape index (κ1) is 9.06. The Morgan fingerprint density at radius 3 is 3.14 bits per heavy atom. The van der Waals surface area contributed by atoms with Crippen molar-refractivity contribution >= 4 is 34.0 Å². The van der Waals surface area contributed by atoms with E-state index >= 15 is 0 Å². The van der Waals surface area contributed by atoms with Crippen LogP contribution in [0.25, 0.3) is 10.9 Å². The third kappa shape index (κ3) is 1.35. The quantitative estimate of drug-likeness (QED) is 0.602. The number of rotatable bonds is 2. The number of isothiocyanates is 1. The van der Waals surface area contributed by atoms with Crippen molar-refractivity contribution in [3.05, 3.63) is 23.9 Å². The van der Waals surface area contributed by atoms with E-state index < -0.39 is 0 Å². The van der Waals surface area contributed by atoms with Gasteiger partial charge in [0, 0.05) is 10.9 Å². The maximum atomic E-state index is 4.60. The van der Waals surface area contributed by atoms with Crippen LogP contribution in [0.5, 0.6) is 0 Å². The zero-order valence-corrected chi connectivity index (χ0v) is 8.56. The third-order valence-corrected chi connectivity index (χ3v) is 2.31. The van der Waals surface area contributed by atoms with Crippen LogP contribution in [0.3, 0.4) is 0 Å². The normalized spacial score (nSPS) is 10.1. The summed E-state index contributed by atoms with van der Waals surface area (Å²) >= 11 is 4.60. The number of aliphatic imine (C=N–C) groups is 1. The van der Waals surface area contributed by atoms with Gasteiger partial charge in [0.05, 0.1) is 22.6 Å². The smallest absolute Gasteiger partial charge is 0.0793 e. The lowest BCUT2D eigenvalue weighted by molar-refractivity contribution is 1.09. The molecular formula is C10H9N3S. The summed E-state index contributed by atoms with van der Waals surface area (Å²) in [7, 11) is 0. The molecule has 0 amide bonds. The fourth-order valence-corrected chi connectivity index (χ4v) is 1.67. The van der Waals surface area contributed by atoms with E-state index in [0.717, 1.165) is 28.6 Å². The number of nitrogens with one attached hydrogen (secondary N) is 1. The van der Waals surface area contributed by atoms with Gasteiger partial charge in [-0.3, -0.25) is 5.10 Å². The van der Waals surface area contributed by atoms with Crippen molar-refractivity contribution in [1.29, 1.82) is 0 Å². The predicted molar refractivity (Wildman–Crippen MR) is 60.2 cm³/mol. The van der Waals surface area contributed by atoms with Crippen LogP contribution in [0.1, 0.15) is 12.5 Å². The van der Waals surface area contributed by atoms with Gasteiger partial charge in [-0.05, 0) is 30.8 Å². The molecule has 14 heavy (non-hydrogen) atoms. The van der Waals surface area contributed by atoms with Gasteiger partial charge in [0.25, 0.3) is 0 Å². The van der Waals surface area contributed by atoms with Crippen LogP contribution in [0.4, 0.5) is 5.69 Å². The minimum atomic E-state index is 0.874. The highest BCUT2D eigenvalue weighted by Crippen LogP contribution is 2.26. The summed E-state index contributed by atoms with van der Waals surface area (Å²) in [6.07, 6.45) is 2.70. The van der Waals surface area contributed by atoms with Crippen molar-refractivity contribution in [3.63, 3.8) is 0 Å². The zero-order chi connectivity index (χ0) is 9.97. The molecule has 0 unspecified atom stereocenters. The van der Waals surface area contributed by atoms with Crippen LogP contribution in [0, 0.1) is 0 Å². The van der Waals surface area contributed by atoms with Gasteiger partial charge < -0.3 is 0 Å². The molecule has 1 aromatic heterocycles.